The summed E-state index contributed by atoms with van der Waals surface area (Å²) in [6.07, 6.45) is 0.673. The maximum Gasteiger partial charge on any atom is 0.241 e. The minimum atomic E-state index is -3.77. The summed E-state index contributed by atoms with van der Waals surface area (Å²) in [5, 5.41) is 4.46. The van der Waals surface area contributed by atoms with Gasteiger partial charge in [-0.05, 0) is 36.2 Å². The Hall–Kier alpha value is -1.96. The lowest BCUT2D eigenvalue weighted by atomic mass is 10.1. The van der Waals surface area contributed by atoms with E-state index in [1.54, 1.807) is 19.2 Å². The fourth-order valence-corrected chi connectivity index (χ4v) is 3.51. The number of amides is 1. The van der Waals surface area contributed by atoms with Gasteiger partial charge in [-0.2, -0.15) is 4.72 Å². The second-order valence-electron chi connectivity index (χ2n) is 5.49. The van der Waals surface area contributed by atoms with Crippen LogP contribution in [-0.2, 0) is 19.6 Å². The molecule has 0 bridgehead atoms. The number of carbonyl (C=O) groups is 1. The van der Waals surface area contributed by atoms with E-state index in [9.17, 15) is 13.2 Å². The Bertz CT molecular complexity index is 805. The number of hydrogen-bond acceptors (Lipinski definition) is 4. The monoisotopic (exact) mass is 350 g/mol. The van der Waals surface area contributed by atoms with Crippen molar-refractivity contribution in [3.8, 4) is 0 Å². The molecule has 2 rings (SSSR count). The molecule has 1 amide bonds. The largest absolute Gasteiger partial charge is 0.385 e. The molecule has 0 radical (unpaired) electrons. The first-order valence-corrected chi connectivity index (χ1v) is 9.20. The molecule has 2 aromatic rings. The number of benzene rings is 2. The van der Waals surface area contributed by atoms with Crippen LogP contribution in [0.25, 0.3) is 10.8 Å². The van der Waals surface area contributed by atoms with Crippen molar-refractivity contribution in [2.45, 2.75) is 24.3 Å². The molecule has 0 spiro atoms. The van der Waals surface area contributed by atoms with Crippen LogP contribution >= 0.6 is 0 Å². The van der Waals surface area contributed by atoms with Crippen LogP contribution in [0, 0.1) is 0 Å². The molecule has 0 heterocycles. The molecule has 6 nitrogen and oxygen atoms in total. The number of rotatable bonds is 8. The number of hydrogen-bond donors (Lipinski definition) is 2. The lowest BCUT2D eigenvalue weighted by Crippen LogP contribution is -2.45. The second kappa shape index (κ2) is 8.23. The van der Waals surface area contributed by atoms with Crippen molar-refractivity contribution in [1.29, 1.82) is 0 Å². The van der Waals surface area contributed by atoms with Crippen molar-refractivity contribution < 1.29 is 17.9 Å². The van der Waals surface area contributed by atoms with Gasteiger partial charge in [-0.1, -0.05) is 30.3 Å². The standard InChI is InChI=1S/C17H22N2O4S/c1-13(17(20)18-10-5-11-23-2)19-24(21,22)16-9-8-14-6-3-4-7-15(14)12-16/h3-4,6-9,12-13,19H,5,10-11H2,1-2H3,(H,18,20)/t13-/m1/s1. The Morgan fingerprint density at radius 2 is 1.88 bits per heavy atom. The fourth-order valence-electron chi connectivity index (χ4n) is 2.27. The van der Waals surface area contributed by atoms with Crippen molar-refractivity contribution in [3.63, 3.8) is 0 Å². The summed E-state index contributed by atoms with van der Waals surface area (Å²) in [6, 6.07) is 11.5. The van der Waals surface area contributed by atoms with Crippen molar-refractivity contribution in [2.75, 3.05) is 20.3 Å². The van der Waals surface area contributed by atoms with Gasteiger partial charge >= 0.3 is 0 Å². The third kappa shape index (κ3) is 4.77. The maximum atomic E-state index is 12.5. The van der Waals surface area contributed by atoms with Crippen LogP contribution in [-0.4, -0.2) is 40.6 Å². The smallest absolute Gasteiger partial charge is 0.241 e. The number of methoxy groups -OCH3 is 1. The topological polar surface area (TPSA) is 84.5 Å². The van der Waals surface area contributed by atoms with Crippen LogP contribution in [0.5, 0.6) is 0 Å². The van der Waals surface area contributed by atoms with E-state index in [-0.39, 0.29) is 10.8 Å². The third-order valence-corrected chi connectivity index (χ3v) is 5.12. The zero-order valence-corrected chi connectivity index (χ0v) is 14.6. The minimum Gasteiger partial charge on any atom is -0.385 e. The van der Waals surface area contributed by atoms with Crippen LogP contribution in [0.2, 0.25) is 0 Å². The molecule has 7 heteroatoms. The van der Waals surface area contributed by atoms with E-state index < -0.39 is 16.1 Å². The molecular formula is C17H22N2O4S. The molecule has 0 fully saturated rings. The maximum absolute atomic E-state index is 12.5. The Morgan fingerprint density at radius 3 is 2.58 bits per heavy atom. The van der Waals surface area contributed by atoms with E-state index in [0.717, 1.165) is 10.8 Å². The van der Waals surface area contributed by atoms with Gasteiger partial charge in [0.15, 0.2) is 0 Å². The predicted molar refractivity (Wildman–Crippen MR) is 93.2 cm³/mol. The Balaban J connectivity index is 2.04. The van der Waals surface area contributed by atoms with Crippen LogP contribution < -0.4 is 10.0 Å². The number of nitrogens with one attached hydrogen (secondary N) is 2. The highest BCUT2D eigenvalue weighted by atomic mass is 32.2. The van der Waals surface area contributed by atoms with E-state index in [1.165, 1.54) is 13.0 Å². The molecule has 0 saturated heterocycles. The van der Waals surface area contributed by atoms with Gasteiger partial charge in [-0.15, -0.1) is 0 Å². The number of ether oxygens (including phenoxy) is 1. The number of carbonyl (C=O) groups excluding carboxylic acids is 1. The van der Waals surface area contributed by atoms with Crippen LogP contribution in [0.4, 0.5) is 0 Å². The lowest BCUT2D eigenvalue weighted by Gasteiger charge is -2.14. The highest BCUT2D eigenvalue weighted by Gasteiger charge is 2.21. The summed E-state index contributed by atoms with van der Waals surface area (Å²) in [5.74, 6) is -0.365. The first-order chi connectivity index (χ1) is 11.4. The van der Waals surface area contributed by atoms with E-state index >= 15 is 0 Å². The predicted octanol–water partition coefficient (Wildman–Crippen LogP) is 1.66. The molecule has 0 aliphatic carbocycles. The minimum absolute atomic E-state index is 0.139. The van der Waals surface area contributed by atoms with Crippen molar-refractivity contribution >= 4 is 26.7 Å². The molecular weight excluding hydrogens is 328 g/mol. The zero-order chi connectivity index (χ0) is 17.6. The third-order valence-electron chi connectivity index (χ3n) is 3.58. The molecule has 2 aromatic carbocycles. The molecule has 0 aromatic heterocycles. The summed E-state index contributed by atoms with van der Waals surface area (Å²) in [6.45, 7) is 2.50. The summed E-state index contributed by atoms with van der Waals surface area (Å²) in [5.41, 5.74) is 0. The summed E-state index contributed by atoms with van der Waals surface area (Å²) < 4.78 is 32.2. The average molecular weight is 350 g/mol. The van der Waals surface area contributed by atoms with Gasteiger partial charge in [-0.3, -0.25) is 4.79 Å². The van der Waals surface area contributed by atoms with Crippen LogP contribution in [0.3, 0.4) is 0 Å². The average Bonchev–Trinajstić information content (AvgIpc) is 2.57. The van der Waals surface area contributed by atoms with Gasteiger partial charge in [0.2, 0.25) is 15.9 Å². The summed E-state index contributed by atoms with van der Waals surface area (Å²) in [4.78, 5) is 12.1. The molecule has 130 valence electrons. The molecule has 1 atom stereocenters. The van der Waals surface area contributed by atoms with Crippen LogP contribution in [0.1, 0.15) is 13.3 Å². The van der Waals surface area contributed by atoms with Gasteiger partial charge in [0.05, 0.1) is 10.9 Å². The fraction of sp³-hybridized carbons (Fsp3) is 0.353. The molecule has 0 aliphatic heterocycles. The van der Waals surface area contributed by atoms with E-state index in [2.05, 4.69) is 10.0 Å². The first-order valence-electron chi connectivity index (χ1n) is 7.72. The molecule has 24 heavy (non-hydrogen) atoms. The number of sulfonamides is 1. The van der Waals surface area contributed by atoms with Crippen molar-refractivity contribution in [3.05, 3.63) is 42.5 Å². The van der Waals surface area contributed by atoms with Gasteiger partial charge in [-0.25, -0.2) is 8.42 Å². The SMILES string of the molecule is COCCCNC(=O)[C@@H](C)NS(=O)(=O)c1ccc2ccccc2c1. The van der Waals surface area contributed by atoms with Crippen molar-refractivity contribution in [2.24, 2.45) is 0 Å². The lowest BCUT2D eigenvalue weighted by molar-refractivity contribution is -0.122. The highest BCUT2D eigenvalue weighted by Crippen LogP contribution is 2.19. The second-order valence-corrected chi connectivity index (χ2v) is 7.20. The van der Waals surface area contributed by atoms with Gasteiger partial charge in [0.25, 0.3) is 0 Å². The van der Waals surface area contributed by atoms with Gasteiger partial charge in [0, 0.05) is 20.3 Å². The van der Waals surface area contributed by atoms with E-state index in [0.29, 0.717) is 19.6 Å². The summed E-state index contributed by atoms with van der Waals surface area (Å²) in [7, 11) is -2.18. The normalized spacial score (nSPS) is 12.9. The van der Waals surface area contributed by atoms with Gasteiger partial charge in [0.1, 0.15) is 0 Å². The van der Waals surface area contributed by atoms with Gasteiger partial charge < -0.3 is 10.1 Å². The number of fused-ring (bicyclic) bond motifs is 1. The zero-order valence-electron chi connectivity index (χ0n) is 13.8. The molecule has 0 unspecified atom stereocenters. The van der Waals surface area contributed by atoms with Crippen LogP contribution in [0.15, 0.2) is 47.4 Å². The first kappa shape index (κ1) is 18.4. The quantitative estimate of drug-likeness (QED) is 0.709. The summed E-state index contributed by atoms with van der Waals surface area (Å²) >= 11 is 0. The molecule has 2 N–H and O–H groups in total. The highest BCUT2D eigenvalue weighted by molar-refractivity contribution is 7.89. The van der Waals surface area contributed by atoms with Crippen molar-refractivity contribution in [1.82, 2.24) is 10.0 Å². The Morgan fingerprint density at radius 1 is 1.17 bits per heavy atom. The molecule has 0 aliphatic rings. The van der Waals surface area contributed by atoms with E-state index in [1.807, 2.05) is 24.3 Å². The van der Waals surface area contributed by atoms with E-state index in [4.69, 9.17) is 4.74 Å². The Kier molecular flexibility index (Phi) is 6.30. The Labute approximate surface area is 142 Å². The molecule has 0 saturated carbocycles.